The maximum Gasteiger partial charge on any atom is 0.348 e. The Bertz CT molecular complexity index is 1050. The van der Waals surface area contributed by atoms with Crippen LogP contribution in [0.25, 0.3) is 5.57 Å². The van der Waals surface area contributed by atoms with Crippen LogP contribution >= 0.6 is 11.3 Å². The summed E-state index contributed by atoms with van der Waals surface area (Å²) in [6, 6.07) is 1.96. The number of carbonyl (C=O) groups is 3. The molecule has 4 rings (SSSR count). The first kappa shape index (κ1) is 27.6. The summed E-state index contributed by atoms with van der Waals surface area (Å²) in [6.45, 7) is 4.11. The number of aromatic carboxylic acids is 1. The second-order valence-electron chi connectivity index (χ2n) is 11.1. The van der Waals surface area contributed by atoms with Gasteiger partial charge in [-0.3, -0.25) is 9.59 Å². The van der Waals surface area contributed by atoms with Gasteiger partial charge in [0.2, 0.25) is 11.8 Å². The molecule has 3 aliphatic rings. The molecule has 0 radical (unpaired) electrons. The molecule has 202 valence electrons. The molecule has 0 atom stereocenters. The Morgan fingerprint density at radius 1 is 1.05 bits per heavy atom. The highest BCUT2D eigenvalue weighted by molar-refractivity contribution is 7.15. The van der Waals surface area contributed by atoms with E-state index >= 15 is 0 Å². The van der Waals surface area contributed by atoms with Crippen molar-refractivity contribution in [3.05, 3.63) is 33.7 Å². The first-order chi connectivity index (χ1) is 17.8. The molecule has 2 saturated carbocycles. The smallest absolute Gasteiger partial charge is 0.348 e. The Hall–Kier alpha value is -2.41. The molecule has 1 N–H and O–H groups in total. The van der Waals surface area contributed by atoms with Crippen molar-refractivity contribution in [2.24, 2.45) is 11.8 Å². The van der Waals surface area contributed by atoms with Crippen molar-refractivity contribution in [1.29, 1.82) is 0 Å². The van der Waals surface area contributed by atoms with Gasteiger partial charge >= 0.3 is 5.97 Å². The van der Waals surface area contributed by atoms with Gasteiger partial charge in [0.05, 0.1) is 5.69 Å². The number of carboxylic acids is 1. The van der Waals surface area contributed by atoms with Gasteiger partial charge in [-0.1, -0.05) is 25.5 Å². The van der Waals surface area contributed by atoms with Crippen LogP contribution in [-0.2, 0) is 9.59 Å². The van der Waals surface area contributed by atoms with Gasteiger partial charge < -0.3 is 14.9 Å². The highest BCUT2D eigenvalue weighted by Gasteiger charge is 2.37. The van der Waals surface area contributed by atoms with Crippen molar-refractivity contribution < 1.29 is 19.5 Å². The number of thiophene rings is 1. The van der Waals surface area contributed by atoms with Crippen molar-refractivity contribution in [2.75, 3.05) is 11.9 Å². The van der Waals surface area contributed by atoms with E-state index in [1.807, 2.05) is 24.1 Å². The number of amides is 2. The molecule has 0 saturated heterocycles. The number of carboxylic acid groups (broad SMARTS) is 1. The van der Waals surface area contributed by atoms with Gasteiger partial charge in [-0.2, -0.15) is 0 Å². The molecule has 0 aliphatic heterocycles. The van der Waals surface area contributed by atoms with Gasteiger partial charge in [0.1, 0.15) is 4.88 Å². The number of nitrogens with zero attached hydrogens (tertiary/aromatic N) is 2. The summed E-state index contributed by atoms with van der Waals surface area (Å²) in [5, 5.41) is 10.2. The first-order valence-electron chi connectivity index (χ1n) is 14.1. The summed E-state index contributed by atoms with van der Waals surface area (Å²) >= 11 is 1.33. The van der Waals surface area contributed by atoms with E-state index in [0.717, 1.165) is 75.5 Å². The van der Waals surface area contributed by atoms with Gasteiger partial charge in [-0.15, -0.1) is 11.3 Å². The number of allylic oxidation sites excluding steroid dienone is 3. The minimum atomic E-state index is -0.950. The molecule has 3 aliphatic carbocycles. The van der Waals surface area contributed by atoms with Crippen molar-refractivity contribution in [3.63, 3.8) is 0 Å². The molecule has 1 aromatic rings. The molecule has 6 nitrogen and oxygen atoms in total. The third-order valence-corrected chi connectivity index (χ3v) is 9.60. The lowest BCUT2D eigenvalue weighted by Crippen LogP contribution is -2.46. The molecule has 2 amide bonds. The zero-order valence-electron chi connectivity index (χ0n) is 22.6. The van der Waals surface area contributed by atoms with Crippen LogP contribution < -0.4 is 4.90 Å². The first-order valence-corrected chi connectivity index (χ1v) is 14.9. The third-order valence-electron chi connectivity index (χ3n) is 8.41. The zero-order chi connectivity index (χ0) is 26.5. The standard InChI is InChI=1S/C30H42N2O4S/c1-4-27(33)31(3)19-21-12-16-24(17-13-21)32(29(34)23-14-10-20(2)11-15-23)25-18-26(37-28(25)30(35)36)22-8-6-5-7-9-22/h8,18-20,23-24H,4-7,9-17H2,1-3H3,(H,35,36). The van der Waals surface area contributed by atoms with Crippen LogP contribution in [0, 0.1) is 11.8 Å². The van der Waals surface area contributed by atoms with Crippen LogP contribution in [-0.4, -0.2) is 40.9 Å². The summed E-state index contributed by atoms with van der Waals surface area (Å²) in [4.78, 5) is 43.4. The topological polar surface area (TPSA) is 77.9 Å². The lowest BCUT2D eigenvalue weighted by atomic mass is 9.81. The number of hydrogen-bond donors (Lipinski definition) is 1. The molecule has 0 spiro atoms. The number of anilines is 1. The molecule has 0 bridgehead atoms. The number of hydrogen-bond acceptors (Lipinski definition) is 4. The zero-order valence-corrected chi connectivity index (χ0v) is 23.4. The molecule has 7 heteroatoms. The summed E-state index contributed by atoms with van der Waals surface area (Å²) in [6.07, 6.45) is 16.0. The van der Waals surface area contributed by atoms with Crippen molar-refractivity contribution in [2.45, 2.75) is 103 Å². The monoisotopic (exact) mass is 526 g/mol. The minimum Gasteiger partial charge on any atom is -0.477 e. The Balaban J connectivity index is 1.64. The summed E-state index contributed by atoms with van der Waals surface area (Å²) in [5.41, 5.74) is 3.04. The molecule has 0 aromatic carbocycles. The van der Waals surface area contributed by atoms with E-state index in [4.69, 9.17) is 0 Å². The second kappa shape index (κ2) is 12.4. The molecule has 1 aromatic heterocycles. The van der Waals surface area contributed by atoms with E-state index in [-0.39, 0.29) is 28.7 Å². The normalized spacial score (nSPS) is 24.2. The van der Waals surface area contributed by atoms with Crippen LogP contribution in [0.5, 0.6) is 0 Å². The fourth-order valence-electron chi connectivity index (χ4n) is 6.09. The van der Waals surface area contributed by atoms with Crippen molar-refractivity contribution >= 4 is 40.4 Å². The Kier molecular flexibility index (Phi) is 9.27. The number of rotatable bonds is 7. The quantitative estimate of drug-likeness (QED) is 0.406. The molecule has 37 heavy (non-hydrogen) atoms. The van der Waals surface area contributed by atoms with E-state index in [2.05, 4.69) is 13.0 Å². The summed E-state index contributed by atoms with van der Waals surface area (Å²) in [7, 11) is 1.80. The minimum absolute atomic E-state index is 0.0305. The van der Waals surface area contributed by atoms with Crippen molar-refractivity contribution in [3.8, 4) is 0 Å². The lowest BCUT2D eigenvalue weighted by molar-refractivity contribution is -0.127. The van der Waals surface area contributed by atoms with E-state index in [1.165, 1.54) is 28.9 Å². The lowest BCUT2D eigenvalue weighted by Gasteiger charge is -2.38. The van der Waals surface area contributed by atoms with Gasteiger partial charge in [-0.05, 0) is 94.6 Å². The maximum absolute atomic E-state index is 14.1. The van der Waals surface area contributed by atoms with E-state index in [0.29, 0.717) is 18.0 Å². The third kappa shape index (κ3) is 6.54. The van der Waals surface area contributed by atoms with Crippen LogP contribution in [0.4, 0.5) is 5.69 Å². The predicted molar refractivity (Wildman–Crippen MR) is 150 cm³/mol. The van der Waals surface area contributed by atoms with Gasteiger partial charge in [0, 0.05) is 36.5 Å². The van der Waals surface area contributed by atoms with Gasteiger partial charge in [0.25, 0.3) is 0 Å². The molecule has 1 heterocycles. The Morgan fingerprint density at radius 3 is 2.35 bits per heavy atom. The van der Waals surface area contributed by atoms with E-state index in [9.17, 15) is 19.5 Å². The summed E-state index contributed by atoms with van der Waals surface area (Å²) < 4.78 is 0. The van der Waals surface area contributed by atoms with Crippen LogP contribution in [0.15, 0.2) is 23.9 Å². The number of carbonyl (C=O) groups excluding carboxylic acids is 2. The average molecular weight is 527 g/mol. The highest BCUT2D eigenvalue weighted by Crippen LogP contribution is 2.42. The predicted octanol–water partition coefficient (Wildman–Crippen LogP) is 7.26. The van der Waals surface area contributed by atoms with E-state index in [1.54, 1.807) is 11.9 Å². The largest absolute Gasteiger partial charge is 0.477 e. The van der Waals surface area contributed by atoms with E-state index < -0.39 is 5.97 Å². The fourth-order valence-corrected chi connectivity index (χ4v) is 7.14. The Morgan fingerprint density at radius 2 is 1.76 bits per heavy atom. The fraction of sp³-hybridized carbons (Fsp3) is 0.633. The van der Waals surface area contributed by atoms with Crippen LogP contribution in [0.2, 0.25) is 0 Å². The Labute approximate surface area is 225 Å². The van der Waals surface area contributed by atoms with Gasteiger partial charge in [-0.25, -0.2) is 4.79 Å². The molecular weight excluding hydrogens is 484 g/mol. The molecule has 0 unspecified atom stereocenters. The average Bonchev–Trinajstić information content (AvgIpc) is 3.35. The molecular formula is C30H42N2O4S. The van der Waals surface area contributed by atoms with Gasteiger partial charge in [0.15, 0.2) is 0 Å². The van der Waals surface area contributed by atoms with Crippen molar-refractivity contribution in [1.82, 2.24) is 4.90 Å². The second-order valence-corrected chi connectivity index (χ2v) is 12.2. The summed E-state index contributed by atoms with van der Waals surface area (Å²) in [5.74, 6) is -0.156. The highest BCUT2D eigenvalue weighted by atomic mass is 32.1. The SMILES string of the molecule is CCC(=O)N(C)C=C1CCC(N(C(=O)C2CCC(C)CC2)c2cc(C3=CCCCC3)sc2C(=O)O)CC1. The van der Waals surface area contributed by atoms with Crippen LogP contribution in [0.3, 0.4) is 0 Å². The maximum atomic E-state index is 14.1. The van der Waals surface area contributed by atoms with Crippen LogP contribution in [0.1, 0.15) is 112 Å². The molecule has 2 fully saturated rings.